The van der Waals surface area contributed by atoms with Gasteiger partial charge < -0.3 is 10.2 Å². The first-order valence-electron chi connectivity index (χ1n) is 8.61. The SMILES string of the molecule is Cn1cc(N2CC[C@@H](Nc3ccnc(Cc4ccccc4)n3)C2=O)cn1. The van der Waals surface area contributed by atoms with E-state index in [-0.39, 0.29) is 11.9 Å². The predicted molar refractivity (Wildman–Crippen MR) is 98.9 cm³/mol. The number of benzene rings is 1. The third-order valence-electron chi connectivity index (χ3n) is 4.44. The average Bonchev–Trinajstić information content (AvgIpc) is 3.22. The summed E-state index contributed by atoms with van der Waals surface area (Å²) in [5.74, 6) is 1.45. The summed E-state index contributed by atoms with van der Waals surface area (Å²) in [5.41, 5.74) is 1.98. The van der Waals surface area contributed by atoms with Crippen molar-refractivity contribution in [3.05, 3.63) is 66.4 Å². The van der Waals surface area contributed by atoms with Crippen LogP contribution >= 0.6 is 0 Å². The normalized spacial score (nSPS) is 16.9. The molecule has 1 aliphatic rings. The number of carbonyl (C=O) groups is 1. The molecule has 0 radical (unpaired) electrons. The van der Waals surface area contributed by atoms with E-state index in [0.717, 1.165) is 23.5 Å². The topological polar surface area (TPSA) is 75.9 Å². The van der Waals surface area contributed by atoms with Crippen LogP contribution in [0.3, 0.4) is 0 Å². The molecular formula is C19H20N6O. The third kappa shape index (κ3) is 3.42. The summed E-state index contributed by atoms with van der Waals surface area (Å²) in [4.78, 5) is 23.3. The first kappa shape index (κ1) is 16.3. The van der Waals surface area contributed by atoms with Gasteiger partial charge in [-0.25, -0.2) is 9.97 Å². The molecule has 4 rings (SSSR count). The van der Waals surface area contributed by atoms with Gasteiger partial charge >= 0.3 is 0 Å². The zero-order valence-corrected chi connectivity index (χ0v) is 14.5. The number of hydrogen-bond acceptors (Lipinski definition) is 5. The second kappa shape index (κ2) is 6.95. The Kier molecular flexibility index (Phi) is 4.35. The summed E-state index contributed by atoms with van der Waals surface area (Å²) >= 11 is 0. The van der Waals surface area contributed by atoms with Gasteiger partial charge in [0.25, 0.3) is 0 Å². The molecule has 26 heavy (non-hydrogen) atoms. The molecule has 7 nitrogen and oxygen atoms in total. The first-order valence-corrected chi connectivity index (χ1v) is 8.61. The van der Waals surface area contributed by atoms with Crippen LogP contribution in [0.25, 0.3) is 0 Å². The number of aryl methyl sites for hydroxylation is 1. The van der Waals surface area contributed by atoms with E-state index in [1.165, 1.54) is 0 Å². The van der Waals surface area contributed by atoms with Gasteiger partial charge in [0.05, 0.1) is 11.9 Å². The Bertz CT molecular complexity index is 907. The van der Waals surface area contributed by atoms with Gasteiger partial charge in [-0.3, -0.25) is 9.48 Å². The first-order chi connectivity index (χ1) is 12.7. The molecule has 1 atom stereocenters. The van der Waals surface area contributed by atoms with Crippen molar-refractivity contribution >= 4 is 17.4 Å². The molecule has 0 unspecified atom stereocenters. The largest absolute Gasteiger partial charge is 0.358 e. The molecule has 132 valence electrons. The highest BCUT2D eigenvalue weighted by Gasteiger charge is 2.33. The fourth-order valence-corrected chi connectivity index (χ4v) is 3.14. The van der Waals surface area contributed by atoms with Crippen molar-refractivity contribution in [2.45, 2.75) is 18.9 Å². The van der Waals surface area contributed by atoms with E-state index in [9.17, 15) is 4.79 Å². The Labute approximate surface area is 151 Å². The molecule has 0 aliphatic carbocycles. The number of carbonyl (C=O) groups excluding carboxylic acids is 1. The van der Waals surface area contributed by atoms with E-state index < -0.39 is 0 Å². The number of nitrogens with one attached hydrogen (secondary N) is 1. The lowest BCUT2D eigenvalue weighted by atomic mass is 10.1. The number of amides is 1. The number of anilines is 2. The minimum atomic E-state index is -0.283. The molecule has 0 saturated carbocycles. The molecule has 0 spiro atoms. The summed E-state index contributed by atoms with van der Waals surface area (Å²) in [7, 11) is 1.84. The second-order valence-corrected chi connectivity index (χ2v) is 6.37. The Morgan fingerprint density at radius 3 is 2.85 bits per heavy atom. The summed E-state index contributed by atoms with van der Waals surface area (Å²) in [6.07, 6.45) is 6.68. The molecule has 1 aliphatic heterocycles. The molecule has 1 N–H and O–H groups in total. The van der Waals surface area contributed by atoms with Crippen molar-refractivity contribution in [3.8, 4) is 0 Å². The summed E-state index contributed by atoms with van der Waals surface area (Å²) < 4.78 is 1.70. The van der Waals surface area contributed by atoms with Crippen LogP contribution in [-0.2, 0) is 18.3 Å². The molecule has 7 heteroatoms. The van der Waals surface area contributed by atoms with Gasteiger partial charge in [-0.05, 0) is 18.1 Å². The molecule has 0 bridgehead atoms. The monoisotopic (exact) mass is 348 g/mol. The molecule has 3 heterocycles. The smallest absolute Gasteiger partial charge is 0.249 e. The van der Waals surface area contributed by atoms with E-state index in [0.29, 0.717) is 18.8 Å². The van der Waals surface area contributed by atoms with Crippen molar-refractivity contribution in [2.75, 3.05) is 16.8 Å². The van der Waals surface area contributed by atoms with Crippen molar-refractivity contribution in [3.63, 3.8) is 0 Å². The number of hydrogen-bond donors (Lipinski definition) is 1. The maximum atomic E-state index is 12.7. The van der Waals surface area contributed by atoms with E-state index in [1.54, 1.807) is 28.0 Å². The van der Waals surface area contributed by atoms with Crippen molar-refractivity contribution in [1.29, 1.82) is 0 Å². The summed E-state index contributed by atoms with van der Waals surface area (Å²) in [5, 5.41) is 7.39. The van der Waals surface area contributed by atoms with E-state index in [2.05, 4.69) is 32.5 Å². The fraction of sp³-hybridized carbons (Fsp3) is 0.263. The van der Waals surface area contributed by atoms with E-state index >= 15 is 0 Å². The molecule has 1 aromatic carbocycles. The van der Waals surface area contributed by atoms with Crippen LogP contribution in [0.4, 0.5) is 11.5 Å². The van der Waals surface area contributed by atoms with Gasteiger partial charge in [0.1, 0.15) is 17.7 Å². The van der Waals surface area contributed by atoms with Gasteiger partial charge in [0, 0.05) is 32.4 Å². The van der Waals surface area contributed by atoms with Crippen LogP contribution in [-0.4, -0.2) is 38.2 Å². The van der Waals surface area contributed by atoms with Gasteiger partial charge in [0.2, 0.25) is 5.91 Å². The lowest BCUT2D eigenvalue weighted by Gasteiger charge is -2.15. The Morgan fingerprint density at radius 2 is 2.08 bits per heavy atom. The van der Waals surface area contributed by atoms with Crippen LogP contribution in [0.1, 0.15) is 17.8 Å². The maximum absolute atomic E-state index is 12.7. The van der Waals surface area contributed by atoms with Crippen LogP contribution in [0.15, 0.2) is 55.0 Å². The fourth-order valence-electron chi connectivity index (χ4n) is 3.14. The zero-order valence-electron chi connectivity index (χ0n) is 14.5. The lowest BCUT2D eigenvalue weighted by molar-refractivity contribution is -0.117. The zero-order chi connectivity index (χ0) is 17.9. The third-order valence-corrected chi connectivity index (χ3v) is 4.44. The van der Waals surface area contributed by atoms with Crippen LogP contribution in [0.2, 0.25) is 0 Å². The average molecular weight is 348 g/mol. The van der Waals surface area contributed by atoms with E-state index in [1.807, 2.05) is 31.4 Å². The number of rotatable bonds is 5. The Hall–Kier alpha value is -3.22. The van der Waals surface area contributed by atoms with Gasteiger partial charge in [0.15, 0.2) is 0 Å². The number of aromatic nitrogens is 4. The molecule has 1 amide bonds. The molecule has 2 aromatic heterocycles. The lowest BCUT2D eigenvalue weighted by Crippen LogP contribution is -2.33. The number of nitrogens with zero attached hydrogens (tertiary/aromatic N) is 5. The highest BCUT2D eigenvalue weighted by molar-refractivity contribution is 6.00. The minimum absolute atomic E-state index is 0.0428. The van der Waals surface area contributed by atoms with Gasteiger partial charge in [-0.15, -0.1) is 0 Å². The summed E-state index contributed by atoms with van der Waals surface area (Å²) in [6.45, 7) is 0.671. The van der Waals surface area contributed by atoms with Crippen molar-refractivity contribution in [2.24, 2.45) is 7.05 Å². The van der Waals surface area contributed by atoms with Crippen LogP contribution in [0, 0.1) is 0 Å². The molecule has 3 aromatic rings. The Morgan fingerprint density at radius 1 is 1.23 bits per heavy atom. The maximum Gasteiger partial charge on any atom is 0.249 e. The summed E-state index contributed by atoms with van der Waals surface area (Å²) in [6, 6.07) is 11.6. The highest BCUT2D eigenvalue weighted by Crippen LogP contribution is 2.22. The molecule has 1 saturated heterocycles. The van der Waals surface area contributed by atoms with Crippen molar-refractivity contribution < 1.29 is 4.79 Å². The minimum Gasteiger partial charge on any atom is -0.358 e. The molecular weight excluding hydrogens is 328 g/mol. The Balaban J connectivity index is 1.44. The van der Waals surface area contributed by atoms with Crippen LogP contribution < -0.4 is 10.2 Å². The predicted octanol–water partition coefficient (Wildman–Crippen LogP) is 2.02. The quantitative estimate of drug-likeness (QED) is 0.763. The van der Waals surface area contributed by atoms with Gasteiger partial charge in [-0.2, -0.15) is 5.10 Å². The van der Waals surface area contributed by atoms with Crippen molar-refractivity contribution in [1.82, 2.24) is 19.7 Å². The van der Waals surface area contributed by atoms with E-state index in [4.69, 9.17) is 0 Å². The standard InChI is InChI=1S/C19H20N6O/c1-24-13-15(12-21-24)25-10-8-16(19(25)26)22-17-7-9-20-18(23-17)11-14-5-3-2-4-6-14/h2-7,9,12-13,16H,8,10-11H2,1H3,(H,20,22,23)/t16-/m1/s1. The van der Waals surface area contributed by atoms with Gasteiger partial charge in [-0.1, -0.05) is 30.3 Å². The second-order valence-electron chi connectivity index (χ2n) is 6.37. The molecule has 1 fully saturated rings. The van der Waals surface area contributed by atoms with Crippen LogP contribution in [0.5, 0.6) is 0 Å². The highest BCUT2D eigenvalue weighted by atomic mass is 16.2.